The topological polar surface area (TPSA) is 75.7 Å². The first-order valence-electron chi connectivity index (χ1n) is 10.4. The van der Waals surface area contributed by atoms with Gasteiger partial charge in [-0.25, -0.2) is 0 Å². The van der Waals surface area contributed by atoms with E-state index in [1.165, 1.54) is 0 Å². The predicted octanol–water partition coefficient (Wildman–Crippen LogP) is 3.77. The summed E-state index contributed by atoms with van der Waals surface area (Å²) in [5, 5.41) is 2.71. The van der Waals surface area contributed by atoms with Crippen LogP contribution in [0.25, 0.3) is 0 Å². The van der Waals surface area contributed by atoms with Crippen molar-refractivity contribution in [3.63, 3.8) is 0 Å². The molecule has 0 heterocycles. The molecule has 0 radical (unpaired) electrons. The molecule has 6 nitrogen and oxygen atoms in total. The lowest BCUT2D eigenvalue weighted by Gasteiger charge is -2.39. The molecule has 0 spiro atoms. The number of amides is 2. The summed E-state index contributed by atoms with van der Waals surface area (Å²) in [4.78, 5) is 39.3. The van der Waals surface area contributed by atoms with E-state index in [0.29, 0.717) is 24.3 Å². The van der Waals surface area contributed by atoms with Crippen molar-refractivity contribution >= 4 is 23.5 Å². The SMILES string of the molecule is CCN(CC)C(=O)c1cccc(NC(=O)COC(=O)C2(c3ccccc3)CCC2)c1. The average Bonchev–Trinajstić information content (AvgIpc) is 2.73. The number of benzene rings is 2. The van der Waals surface area contributed by atoms with Crippen LogP contribution in [0.15, 0.2) is 54.6 Å². The number of nitrogens with zero attached hydrogens (tertiary/aromatic N) is 1. The number of nitrogens with one attached hydrogen (secondary N) is 1. The van der Waals surface area contributed by atoms with E-state index in [9.17, 15) is 14.4 Å². The van der Waals surface area contributed by atoms with Gasteiger partial charge in [0.15, 0.2) is 6.61 Å². The molecule has 30 heavy (non-hydrogen) atoms. The van der Waals surface area contributed by atoms with Gasteiger partial charge in [0, 0.05) is 24.3 Å². The molecule has 0 aromatic heterocycles. The Balaban J connectivity index is 1.59. The zero-order valence-electron chi connectivity index (χ0n) is 17.5. The van der Waals surface area contributed by atoms with Crippen LogP contribution in [0.5, 0.6) is 0 Å². The quantitative estimate of drug-likeness (QED) is 0.675. The Morgan fingerprint density at radius 2 is 1.70 bits per heavy atom. The Bertz CT molecular complexity index is 902. The largest absolute Gasteiger partial charge is 0.455 e. The summed E-state index contributed by atoms with van der Waals surface area (Å²) in [6, 6.07) is 16.4. The maximum Gasteiger partial charge on any atom is 0.317 e. The number of hydrogen-bond donors (Lipinski definition) is 1. The van der Waals surface area contributed by atoms with Crippen LogP contribution in [0.2, 0.25) is 0 Å². The van der Waals surface area contributed by atoms with Gasteiger partial charge in [0.25, 0.3) is 11.8 Å². The molecule has 0 bridgehead atoms. The Morgan fingerprint density at radius 1 is 1.00 bits per heavy atom. The molecule has 3 rings (SSSR count). The second kappa shape index (κ2) is 9.57. The molecule has 1 N–H and O–H groups in total. The third-order valence-electron chi connectivity index (χ3n) is 5.70. The summed E-state index contributed by atoms with van der Waals surface area (Å²) in [7, 11) is 0. The lowest BCUT2D eigenvalue weighted by atomic mass is 9.64. The third kappa shape index (κ3) is 4.53. The highest BCUT2D eigenvalue weighted by Gasteiger charge is 2.47. The molecule has 0 aliphatic heterocycles. The van der Waals surface area contributed by atoms with Crippen LogP contribution in [0.3, 0.4) is 0 Å². The fourth-order valence-corrected chi connectivity index (χ4v) is 3.79. The van der Waals surface area contributed by atoms with E-state index in [1.807, 2.05) is 44.2 Å². The van der Waals surface area contributed by atoms with Crippen molar-refractivity contribution in [2.45, 2.75) is 38.5 Å². The van der Waals surface area contributed by atoms with E-state index in [0.717, 1.165) is 24.8 Å². The van der Waals surface area contributed by atoms with Crippen LogP contribution in [0, 0.1) is 0 Å². The van der Waals surface area contributed by atoms with Gasteiger partial charge in [-0.15, -0.1) is 0 Å². The van der Waals surface area contributed by atoms with Crippen LogP contribution in [-0.4, -0.2) is 42.4 Å². The lowest BCUT2D eigenvalue weighted by molar-refractivity contribution is -0.156. The van der Waals surface area contributed by atoms with E-state index in [2.05, 4.69) is 5.32 Å². The van der Waals surface area contributed by atoms with Crippen molar-refractivity contribution in [2.75, 3.05) is 25.0 Å². The molecular formula is C24H28N2O4. The first kappa shape index (κ1) is 21.6. The Kier molecular flexibility index (Phi) is 6.87. The standard InChI is InChI=1S/C24H28N2O4/c1-3-26(4-2)22(28)18-10-8-13-20(16-18)25-21(27)17-30-23(29)24(14-9-15-24)19-11-6-5-7-12-19/h5-8,10-13,16H,3-4,9,14-15,17H2,1-2H3,(H,25,27). The predicted molar refractivity (Wildman–Crippen MR) is 115 cm³/mol. The molecule has 1 saturated carbocycles. The van der Waals surface area contributed by atoms with Gasteiger partial charge in [-0.3, -0.25) is 14.4 Å². The molecule has 1 aliphatic carbocycles. The minimum absolute atomic E-state index is 0.0858. The van der Waals surface area contributed by atoms with Gasteiger partial charge in [-0.2, -0.15) is 0 Å². The summed E-state index contributed by atoms with van der Waals surface area (Å²) >= 11 is 0. The summed E-state index contributed by atoms with van der Waals surface area (Å²) in [6.07, 6.45) is 2.42. The molecule has 0 unspecified atom stereocenters. The zero-order chi connectivity index (χ0) is 21.6. The molecule has 158 valence electrons. The highest BCUT2D eigenvalue weighted by Crippen LogP contribution is 2.44. The molecule has 1 aliphatic rings. The van der Waals surface area contributed by atoms with Crippen LogP contribution < -0.4 is 5.32 Å². The van der Waals surface area contributed by atoms with Gasteiger partial charge in [0.05, 0.1) is 5.41 Å². The van der Waals surface area contributed by atoms with Gasteiger partial charge in [0.2, 0.25) is 0 Å². The van der Waals surface area contributed by atoms with Crippen LogP contribution in [0.4, 0.5) is 5.69 Å². The maximum absolute atomic E-state index is 12.7. The van der Waals surface area contributed by atoms with E-state index in [1.54, 1.807) is 29.2 Å². The van der Waals surface area contributed by atoms with E-state index in [-0.39, 0.29) is 18.5 Å². The van der Waals surface area contributed by atoms with E-state index >= 15 is 0 Å². The highest BCUT2D eigenvalue weighted by atomic mass is 16.5. The monoisotopic (exact) mass is 408 g/mol. The number of carbonyl (C=O) groups is 3. The van der Waals surface area contributed by atoms with Crippen molar-refractivity contribution in [2.24, 2.45) is 0 Å². The molecular weight excluding hydrogens is 380 g/mol. The fourth-order valence-electron chi connectivity index (χ4n) is 3.79. The van der Waals surface area contributed by atoms with Gasteiger partial charge in [0.1, 0.15) is 0 Å². The Hall–Kier alpha value is -3.15. The van der Waals surface area contributed by atoms with Crippen LogP contribution in [0.1, 0.15) is 49.0 Å². The number of carbonyl (C=O) groups excluding carboxylic acids is 3. The molecule has 2 aromatic carbocycles. The van der Waals surface area contributed by atoms with Crippen molar-refractivity contribution in [1.82, 2.24) is 4.90 Å². The van der Waals surface area contributed by atoms with Crippen molar-refractivity contribution in [3.8, 4) is 0 Å². The number of rotatable bonds is 8. The van der Waals surface area contributed by atoms with Gasteiger partial charge >= 0.3 is 5.97 Å². The number of anilines is 1. The second-order valence-corrected chi connectivity index (χ2v) is 7.48. The van der Waals surface area contributed by atoms with Crippen LogP contribution >= 0.6 is 0 Å². The van der Waals surface area contributed by atoms with Crippen LogP contribution in [-0.2, 0) is 19.7 Å². The van der Waals surface area contributed by atoms with Crippen molar-refractivity contribution < 1.29 is 19.1 Å². The summed E-state index contributed by atoms with van der Waals surface area (Å²) in [5.74, 6) is -0.879. The molecule has 0 saturated heterocycles. The number of hydrogen-bond acceptors (Lipinski definition) is 4. The molecule has 1 fully saturated rings. The van der Waals surface area contributed by atoms with Gasteiger partial charge < -0.3 is 15.0 Å². The molecule has 2 amide bonds. The smallest absolute Gasteiger partial charge is 0.317 e. The molecule has 0 atom stereocenters. The minimum Gasteiger partial charge on any atom is -0.455 e. The first-order chi connectivity index (χ1) is 14.5. The minimum atomic E-state index is -0.641. The lowest BCUT2D eigenvalue weighted by Crippen LogP contribution is -2.44. The van der Waals surface area contributed by atoms with E-state index in [4.69, 9.17) is 4.74 Å². The average molecular weight is 408 g/mol. The van der Waals surface area contributed by atoms with E-state index < -0.39 is 11.3 Å². The Morgan fingerprint density at radius 3 is 2.30 bits per heavy atom. The summed E-state index contributed by atoms with van der Waals surface area (Å²) in [5.41, 5.74) is 1.29. The molecule has 2 aromatic rings. The zero-order valence-corrected chi connectivity index (χ0v) is 17.5. The van der Waals surface area contributed by atoms with Gasteiger partial charge in [-0.1, -0.05) is 42.8 Å². The maximum atomic E-state index is 12.7. The second-order valence-electron chi connectivity index (χ2n) is 7.48. The highest BCUT2D eigenvalue weighted by molar-refractivity contribution is 5.98. The van der Waals surface area contributed by atoms with Gasteiger partial charge in [-0.05, 0) is 50.5 Å². The molecule has 6 heteroatoms. The summed E-state index contributed by atoms with van der Waals surface area (Å²) in [6.45, 7) is 4.72. The first-order valence-corrected chi connectivity index (χ1v) is 10.4. The third-order valence-corrected chi connectivity index (χ3v) is 5.70. The fraction of sp³-hybridized carbons (Fsp3) is 0.375. The van der Waals surface area contributed by atoms with Crippen molar-refractivity contribution in [3.05, 3.63) is 65.7 Å². The Labute approximate surface area is 177 Å². The number of ether oxygens (including phenoxy) is 1. The number of esters is 1. The van der Waals surface area contributed by atoms with Crippen molar-refractivity contribution in [1.29, 1.82) is 0 Å². The summed E-state index contributed by atoms with van der Waals surface area (Å²) < 4.78 is 5.36. The normalized spacial score (nSPS) is 14.3.